The maximum absolute atomic E-state index is 13.8. The summed E-state index contributed by atoms with van der Waals surface area (Å²) in [4.78, 5) is 14.2. The highest BCUT2D eigenvalue weighted by molar-refractivity contribution is 9.10. The summed E-state index contributed by atoms with van der Waals surface area (Å²) >= 11 is 3.23. The van der Waals surface area contributed by atoms with E-state index in [1.54, 1.807) is 24.1 Å². The highest BCUT2D eigenvalue weighted by Crippen LogP contribution is 2.18. The van der Waals surface area contributed by atoms with Crippen LogP contribution in [0.15, 0.2) is 46.9 Å². The minimum atomic E-state index is -0.282. The van der Waals surface area contributed by atoms with Crippen LogP contribution in [0.5, 0.6) is 5.75 Å². The zero-order valence-electron chi connectivity index (χ0n) is 13.9. The third-order valence-corrected chi connectivity index (χ3v) is 4.38. The van der Waals surface area contributed by atoms with Gasteiger partial charge in [0.15, 0.2) is 0 Å². The lowest BCUT2D eigenvalue weighted by Crippen LogP contribution is -2.30. The molecule has 0 atom stereocenters. The number of benzene rings is 2. The summed E-state index contributed by atoms with van der Waals surface area (Å²) < 4.78 is 19.7. The number of rotatable bonds is 7. The van der Waals surface area contributed by atoms with Crippen LogP contribution < -0.4 is 4.74 Å². The quantitative estimate of drug-likeness (QED) is 0.688. The van der Waals surface area contributed by atoms with Crippen molar-refractivity contribution in [2.75, 3.05) is 13.7 Å². The molecule has 2 aromatic carbocycles. The molecule has 0 fully saturated rings. The largest absolute Gasteiger partial charge is 0.497 e. The molecule has 0 heterocycles. The SMILES string of the molecule is CCN(Cc1ccc(OC)cc1)C(=O)CCc1ccc(Br)cc1F. The average Bonchev–Trinajstić information content (AvgIpc) is 2.59. The van der Waals surface area contributed by atoms with E-state index in [0.29, 0.717) is 36.0 Å². The predicted molar refractivity (Wildman–Crippen MR) is 96.5 cm³/mol. The van der Waals surface area contributed by atoms with Gasteiger partial charge in [0.25, 0.3) is 0 Å². The molecule has 2 rings (SSSR count). The van der Waals surface area contributed by atoms with Gasteiger partial charge in [0.05, 0.1) is 7.11 Å². The molecule has 0 radical (unpaired) electrons. The van der Waals surface area contributed by atoms with E-state index in [9.17, 15) is 9.18 Å². The fraction of sp³-hybridized carbons (Fsp3) is 0.316. The van der Waals surface area contributed by atoms with Gasteiger partial charge in [-0.1, -0.05) is 34.1 Å². The summed E-state index contributed by atoms with van der Waals surface area (Å²) in [6.45, 7) is 3.11. The average molecular weight is 394 g/mol. The van der Waals surface area contributed by atoms with Gasteiger partial charge in [-0.15, -0.1) is 0 Å². The highest BCUT2D eigenvalue weighted by atomic mass is 79.9. The summed E-state index contributed by atoms with van der Waals surface area (Å²) in [5.41, 5.74) is 1.60. The first-order valence-electron chi connectivity index (χ1n) is 7.88. The molecule has 128 valence electrons. The first kappa shape index (κ1) is 18.5. The number of hydrogen-bond acceptors (Lipinski definition) is 2. The second kappa shape index (κ2) is 8.83. The lowest BCUT2D eigenvalue weighted by molar-refractivity contribution is -0.131. The van der Waals surface area contributed by atoms with E-state index in [4.69, 9.17) is 4.74 Å². The molecule has 0 aliphatic heterocycles. The summed E-state index contributed by atoms with van der Waals surface area (Å²) in [6, 6.07) is 12.6. The van der Waals surface area contributed by atoms with Crippen molar-refractivity contribution < 1.29 is 13.9 Å². The second-order valence-electron chi connectivity index (χ2n) is 5.49. The van der Waals surface area contributed by atoms with E-state index < -0.39 is 0 Å². The van der Waals surface area contributed by atoms with Crippen LogP contribution in [-0.2, 0) is 17.8 Å². The monoisotopic (exact) mass is 393 g/mol. The van der Waals surface area contributed by atoms with E-state index in [1.165, 1.54) is 6.07 Å². The molecule has 3 nitrogen and oxygen atoms in total. The number of carbonyl (C=O) groups excluding carboxylic acids is 1. The van der Waals surface area contributed by atoms with Crippen LogP contribution in [0.3, 0.4) is 0 Å². The number of aryl methyl sites for hydroxylation is 1. The number of nitrogens with zero attached hydrogens (tertiary/aromatic N) is 1. The Morgan fingerprint density at radius 1 is 1.21 bits per heavy atom. The first-order valence-corrected chi connectivity index (χ1v) is 8.67. The summed E-state index contributed by atoms with van der Waals surface area (Å²) in [5.74, 6) is 0.532. The van der Waals surface area contributed by atoms with Gasteiger partial charge in [-0.25, -0.2) is 4.39 Å². The van der Waals surface area contributed by atoms with Gasteiger partial charge in [-0.05, 0) is 48.7 Å². The number of ether oxygens (including phenoxy) is 1. The fourth-order valence-corrected chi connectivity index (χ4v) is 2.78. The Balaban J connectivity index is 1.95. The summed E-state index contributed by atoms with van der Waals surface area (Å²) in [6.07, 6.45) is 0.694. The molecule has 0 saturated heterocycles. The molecule has 0 bridgehead atoms. The number of halogens is 2. The van der Waals surface area contributed by atoms with E-state index >= 15 is 0 Å². The number of methoxy groups -OCH3 is 1. The molecule has 0 aliphatic carbocycles. The molecular weight excluding hydrogens is 373 g/mol. The number of hydrogen-bond donors (Lipinski definition) is 0. The number of carbonyl (C=O) groups is 1. The molecule has 1 amide bonds. The van der Waals surface area contributed by atoms with Crippen LogP contribution in [0.2, 0.25) is 0 Å². The van der Waals surface area contributed by atoms with Gasteiger partial charge in [0.1, 0.15) is 11.6 Å². The molecule has 24 heavy (non-hydrogen) atoms. The normalized spacial score (nSPS) is 10.5. The lowest BCUT2D eigenvalue weighted by atomic mass is 10.1. The van der Waals surface area contributed by atoms with Crippen molar-refractivity contribution in [3.05, 3.63) is 63.9 Å². The van der Waals surface area contributed by atoms with Crippen molar-refractivity contribution in [3.8, 4) is 5.75 Å². The van der Waals surface area contributed by atoms with Crippen molar-refractivity contribution in [2.45, 2.75) is 26.3 Å². The first-order chi connectivity index (χ1) is 11.5. The smallest absolute Gasteiger partial charge is 0.223 e. The summed E-state index contributed by atoms with van der Waals surface area (Å²) in [5, 5.41) is 0. The van der Waals surface area contributed by atoms with Crippen LogP contribution in [-0.4, -0.2) is 24.5 Å². The zero-order valence-corrected chi connectivity index (χ0v) is 15.5. The van der Waals surface area contributed by atoms with Gasteiger partial charge in [-0.2, -0.15) is 0 Å². The van der Waals surface area contributed by atoms with Crippen LogP contribution in [0.1, 0.15) is 24.5 Å². The van der Waals surface area contributed by atoms with Gasteiger partial charge in [0.2, 0.25) is 5.91 Å². The molecule has 0 aromatic heterocycles. The molecule has 0 unspecified atom stereocenters. The minimum Gasteiger partial charge on any atom is -0.497 e. The third-order valence-electron chi connectivity index (χ3n) is 3.89. The van der Waals surface area contributed by atoms with Crippen LogP contribution in [0.25, 0.3) is 0 Å². The third kappa shape index (κ3) is 5.06. The molecule has 0 spiro atoms. The Morgan fingerprint density at radius 3 is 2.50 bits per heavy atom. The summed E-state index contributed by atoms with van der Waals surface area (Å²) in [7, 11) is 1.62. The Bertz CT molecular complexity index is 688. The van der Waals surface area contributed by atoms with E-state index in [1.807, 2.05) is 31.2 Å². The number of amides is 1. The fourth-order valence-electron chi connectivity index (χ4n) is 2.45. The van der Waals surface area contributed by atoms with Gasteiger partial charge in [-0.3, -0.25) is 4.79 Å². The maximum atomic E-state index is 13.8. The highest BCUT2D eigenvalue weighted by Gasteiger charge is 2.13. The van der Waals surface area contributed by atoms with E-state index in [-0.39, 0.29) is 11.7 Å². The zero-order chi connectivity index (χ0) is 17.5. The topological polar surface area (TPSA) is 29.5 Å². The Kier molecular flexibility index (Phi) is 6.79. The maximum Gasteiger partial charge on any atom is 0.223 e. The minimum absolute atomic E-state index is 0.0237. The Hall–Kier alpha value is -1.88. The molecule has 0 saturated carbocycles. The van der Waals surface area contributed by atoms with Crippen molar-refractivity contribution in [1.29, 1.82) is 0 Å². The predicted octanol–water partition coefficient (Wildman–Crippen LogP) is 4.58. The van der Waals surface area contributed by atoms with E-state index in [0.717, 1.165) is 11.3 Å². The molecular formula is C19H21BrFNO2. The molecule has 2 aromatic rings. The van der Waals surface area contributed by atoms with Crippen molar-refractivity contribution in [2.24, 2.45) is 0 Å². The van der Waals surface area contributed by atoms with Gasteiger partial charge >= 0.3 is 0 Å². The van der Waals surface area contributed by atoms with Crippen molar-refractivity contribution >= 4 is 21.8 Å². The molecule has 0 aliphatic rings. The Labute approximate surface area is 150 Å². The van der Waals surface area contributed by atoms with Gasteiger partial charge < -0.3 is 9.64 Å². The van der Waals surface area contributed by atoms with Crippen LogP contribution in [0.4, 0.5) is 4.39 Å². The molecule has 5 heteroatoms. The van der Waals surface area contributed by atoms with Gasteiger partial charge in [0, 0.05) is 24.0 Å². The standard InChI is InChI=1S/C19H21BrFNO2/c1-3-22(13-14-4-9-17(24-2)10-5-14)19(23)11-7-15-6-8-16(20)12-18(15)21/h4-6,8-10,12H,3,7,11,13H2,1-2H3. The van der Waals surface area contributed by atoms with Crippen molar-refractivity contribution in [1.82, 2.24) is 4.90 Å². The van der Waals surface area contributed by atoms with Crippen LogP contribution in [0, 0.1) is 5.82 Å². The second-order valence-corrected chi connectivity index (χ2v) is 6.41. The lowest BCUT2D eigenvalue weighted by Gasteiger charge is -2.21. The Morgan fingerprint density at radius 2 is 1.92 bits per heavy atom. The van der Waals surface area contributed by atoms with E-state index in [2.05, 4.69) is 15.9 Å². The molecule has 0 N–H and O–H groups in total. The van der Waals surface area contributed by atoms with Crippen LogP contribution >= 0.6 is 15.9 Å². The van der Waals surface area contributed by atoms with Crippen molar-refractivity contribution in [3.63, 3.8) is 0 Å².